The minimum Gasteiger partial charge on any atom is -0.378 e. The van der Waals surface area contributed by atoms with Crippen LogP contribution in [0.15, 0.2) is 42.6 Å². The summed E-state index contributed by atoms with van der Waals surface area (Å²) in [5, 5.41) is 2.89. The van der Waals surface area contributed by atoms with E-state index in [0.29, 0.717) is 11.3 Å². The zero-order valence-electron chi connectivity index (χ0n) is 14.0. The Bertz CT molecular complexity index is 694. The van der Waals surface area contributed by atoms with Crippen LogP contribution in [0.25, 0.3) is 0 Å². The quantitative estimate of drug-likeness (QED) is 0.934. The molecule has 6 nitrogen and oxygen atoms in total. The average Bonchev–Trinajstić information content (AvgIpc) is 2.63. The summed E-state index contributed by atoms with van der Waals surface area (Å²) >= 11 is 0. The number of hydrogen-bond donors (Lipinski definition) is 1. The normalized spacial score (nSPS) is 14.3. The van der Waals surface area contributed by atoms with Crippen molar-refractivity contribution in [1.82, 2.24) is 4.98 Å². The van der Waals surface area contributed by atoms with Crippen LogP contribution in [0.4, 0.5) is 17.2 Å². The molecule has 1 aromatic heterocycles. The van der Waals surface area contributed by atoms with Crippen molar-refractivity contribution >= 4 is 23.1 Å². The van der Waals surface area contributed by atoms with Crippen molar-refractivity contribution in [2.45, 2.75) is 0 Å². The summed E-state index contributed by atoms with van der Waals surface area (Å²) in [5.41, 5.74) is 2.30. The van der Waals surface area contributed by atoms with E-state index in [4.69, 9.17) is 4.74 Å². The van der Waals surface area contributed by atoms with Crippen LogP contribution in [0.1, 0.15) is 10.4 Å². The van der Waals surface area contributed by atoms with Crippen LogP contribution in [0.2, 0.25) is 0 Å². The molecule has 0 bridgehead atoms. The number of anilines is 3. The van der Waals surface area contributed by atoms with Crippen LogP contribution in [0.3, 0.4) is 0 Å². The number of rotatable bonds is 4. The highest BCUT2D eigenvalue weighted by molar-refractivity contribution is 6.04. The maximum absolute atomic E-state index is 12.4. The second-order valence-corrected chi connectivity index (χ2v) is 5.90. The molecule has 0 radical (unpaired) electrons. The largest absolute Gasteiger partial charge is 0.378 e. The number of nitrogens with one attached hydrogen (secondary N) is 1. The Balaban J connectivity index is 1.67. The van der Waals surface area contributed by atoms with Gasteiger partial charge in [-0.05, 0) is 30.3 Å². The predicted octanol–water partition coefficient (Wildman–Crippen LogP) is 2.24. The molecule has 3 rings (SSSR count). The van der Waals surface area contributed by atoms with Crippen molar-refractivity contribution in [3.63, 3.8) is 0 Å². The minimum atomic E-state index is -0.139. The number of carbonyl (C=O) groups excluding carboxylic acids is 1. The van der Waals surface area contributed by atoms with Crippen LogP contribution in [0.5, 0.6) is 0 Å². The van der Waals surface area contributed by atoms with Gasteiger partial charge in [-0.25, -0.2) is 4.98 Å². The third kappa shape index (κ3) is 3.83. The molecule has 0 saturated carbocycles. The number of hydrogen-bond acceptors (Lipinski definition) is 5. The lowest BCUT2D eigenvalue weighted by atomic mass is 10.2. The second-order valence-electron chi connectivity index (χ2n) is 5.90. The molecule has 24 heavy (non-hydrogen) atoms. The maximum atomic E-state index is 12.4. The van der Waals surface area contributed by atoms with Crippen molar-refractivity contribution < 1.29 is 9.53 Å². The first-order valence-electron chi connectivity index (χ1n) is 8.01. The lowest BCUT2D eigenvalue weighted by Crippen LogP contribution is -2.36. The monoisotopic (exact) mass is 326 g/mol. The van der Waals surface area contributed by atoms with E-state index in [2.05, 4.69) is 15.2 Å². The summed E-state index contributed by atoms with van der Waals surface area (Å²) in [6.45, 7) is 3.14. The first-order valence-corrected chi connectivity index (χ1v) is 8.01. The van der Waals surface area contributed by atoms with Gasteiger partial charge in [0, 0.05) is 38.4 Å². The van der Waals surface area contributed by atoms with Gasteiger partial charge in [-0.3, -0.25) is 4.79 Å². The SMILES string of the molecule is CN(C)c1cccc(C(=O)Nc2ccc(N3CCOCC3)nc2)c1. The van der Waals surface area contributed by atoms with Crippen LogP contribution < -0.4 is 15.1 Å². The Morgan fingerprint density at radius 1 is 1.21 bits per heavy atom. The van der Waals surface area contributed by atoms with Gasteiger partial charge in [0.05, 0.1) is 25.1 Å². The summed E-state index contributed by atoms with van der Waals surface area (Å²) in [7, 11) is 3.90. The molecule has 126 valence electrons. The zero-order valence-corrected chi connectivity index (χ0v) is 14.0. The molecule has 0 unspecified atom stereocenters. The van der Waals surface area contributed by atoms with Crippen molar-refractivity contribution in [2.75, 3.05) is 55.5 Å². The van der Waals surface area contributed by atoms with Gasteiger partial charge in [-0.2, -0.15) is 0 Å². The molecular formula is C18H22N4O2. The number of amides is 1. The van der Waals surface area contributed by atoms with E-state index >= 15 is 0 Å². The molecule has 0 atom stereocenters. The van der Waals surface area contributed by atoms with Gasteiger partial charge < -0.3 is 19.9 Å². The summed E-state index contributed by atoms with van der Waals surface area (Å²) in [6, 6.07) is 11.3. The molecule has 1 fully saturated rings. The summed E-state index contributed by atoms with van der Waals surface area (Å²) < 4.78 is 5.34. The van der Waals surface area contributed by atoms with E-state index in [-0.39, 0.29) is 5.91 Å². The average molecular weight is 326 g/mol. The summed E-state index contributed by atoms with van der Waals surface area (Å²) in [4.78, 5) is 21.0. The zero-order chi connectivity index (χ0) is 16.9. The number of nitrogens with zero attached hydrogens (tertiary/aromatic N) is 3. The highest BCUT2D eigenvalue weighted by Crippen LogP contribution is 2.18. The highest BCUT2D eigenvalue weighted by Gasteiger charge is 2.13. The Kier molecular flexibility index (Phi) is 4.96. The van der Waals surface area contributed by atoms with E-state index in [1.807, 2.05) is 49.3 Å². The van der Waals surface area contributed by atoms with Gasteiger partial charge in [0.1, 0.15) is 5.82 Å². The lowest BCUT2D eigenvalue weighted by Gasteiger charge is -2.27. The molecular weight excluding hydrogens is 304 g/mol. The molecule has 2 heterocycles. The van der Waals surface area contributed by atoms with E-state index in [9.17, 15) is 4.79 Å². The molecule has 1 N–H and O–H groups in total. The van der Waals surface area contributed by atoms with Gasteiger partial charge in [0.25, 0.3) is 5.91 Å². The first-order chi connectivity index (χ1) is 11.6. The highest BCUT2D eigenvalue weighted by atomic mass is 16.5. The van der Waals surface area contributed by atoms with Crippen LogP contribution >= 0.6 is 0 Å². The molecule has 1 aliphatic heterocycles. The van der Waals surface area contributed by atoms with E-state index < -0.39 is 0 Å². The number of carbonyl (C=O) groups is 1. The molecule has 1 saturated heterocycles. The Hall–Kier alpha value is -2.60. The molecule has 0 spiro atoms. The van der Waals surface area contributed by atoms with Crippen LogP contribution in [-0.4, -0.2) is 51.3 Å². The molecule has 1 aliphatic rings. The topological polar surface area (TPSA) is 57.7 Å². The standard InChI is InChI=1S/C18H22N4O2/c1-21(2)16-5-3-4-14(12-16)18(23)20-15-6-7-17(19-13-15)22-8-10-24-11-9-22/h3-7,12-13H,8-11H2,1-2H3,(H,20,23). The molecule has 1 amide bonds. The third-order valence-corrected chi connectivity index (χ3v) is 3.97. The van der Waals surface area contributed by atoms with Crippen molar-refractivity contribution in [3.05, 3.63) is 48.2 Å². The Morgan fingerprint density at radius 3 is 2.67 bits per heavy atom. The number of aromatic nitrogens is 1. The van der Waals surface area contributed by atoms with E-state index in [1.54, 1.807) is 12.3 Å². The second kappa shape index (κ2) is 7.31. The number of benzene rings is 1. The van der Waals surface area contributed by atoms with Crippen LogP contribution in [0, 0.1) is 0 Å². The Morgan fingerprint density at radius 2 is 2.00 bits per heavy atom. The van der Waals surface area contributed by atoms with E-state index in [1.165, 1.54) is 0 Å². The van der Waals surface area contributed by atoms with Gasteiger partial charge in [0.2, 0.25) is 0 Å². The van der Waals surface area contributed by atoms with Gasteiger partial charge in [0.15, 0.2) is 0 Å². The minimum absolute atomic E-state index is 0.139. The fraction of sp³-hybridized carbons (Fsp3) is 0.333. The fourth-order valence-electron chi connectivity index (χ4n) is 2.57. The molecule has 6 heteroatoms. The van der Waals surface area contributed by atoms with Crippen molar-refractivity contribution in [1.29, 1.82) is 0 Å². The Labute approximate surface area is 142 Å². The van der Waals surface area contributed by atoms with Gasteiger partial charge >= 0.3 is 0 Å². The fourth-order valence-corrected chi connectivity index (χ4v) is 2.57. The predicted molar refractivity (Wildman–Crippen MR) is 96.0 cm³/mol. The van der Waals surface area contributed by atoms with Crippen molar-refractivity contribution in [2.24, 2.45) is 0 Å². The summed E-state index contributed by atoms with van der Waals surface area (Å²) in [5.74, 6) is 0.769. The third-order valence-electron chi connectivity index (χ3n) is 3.97. The van der Waals surface area contributed by atoms with Crippen molar-refractivity contribution in [3.8, 4) is 0 Å². The smallest absolute Gasteiger partial charge is 0.255 e. The van der Waals surface area contributed by atoms with Crippen LogP contribution in [-0.2, 0) is 4.74 Å². The summed E-state index contributed by atoms with van der Waals surface area (Å²) in [6.07, 6.45) is 1.69. The van der Waals surface area contributed by atoms with E-state index in [0.717, 1.165) is 37.8 Å². The molecule has 0 aliphatic carbocycles. The number of pyridine rings is 1. The number of morpholine rings is 1. The molecule has 1 aromatic carbocycles. The first kappa shape index (κ1) is 16.3. The van der Waals surface area contributed by atoms with Gasteiger partial charge in [-0.1, -0.05) is 6.07 Å². The lowest BCUT2D eigenvalue weighted by molar-refractivity contribution is 0.102. The number of ether oxygens (including phenoxy) is 1. The maximum Gasteiger partial charge on any atom is 0.255 e. The molecule has 2 aromatic rings. The van der Waals surface area contributed by atoms with Gasteiger partial charge in [-0.15, -0.1) is 0 Å².